The van der Waals surface area contributed by atoms with Crippen LogP contribution in [0.2, 0.25) is 5.02 Å². The van der Waals surface area contributed by atoms with Crippen molar-refractivity contribution in [3.63, 3.8) is 0 Å². The van der Waals surface area contributed by atoms with Crippen molar-refractivity contribution in [3.8, 4) is 0 Å². The summed E-state index contributed by atoms with van der Waals surface area (Å²) in [4.78, 5) is 30.8. The molecule has 1 aromatic heterocycles. The van der Waals surface area contributed by atoms with Gasteiger partial charge in [0.05, 0.1) is 0 Å². The van der Waals surface area contributed by atoms with Gasteiger partial charge in [-0.3, -0.25) is 0 Å². The number of rotatable bonds is 2. The molecule has 0 spiro atoms. The molecule has 0 aliphatic rings. The van der Waals surface area contributed by atoms with Crippen LogP contribution < -0.4 is 10.6 Å². The number of nitrogens with zero attached hydrogens (tertiary/aromatic N) is 2. The Morgan fingerprint density at radius 1 is 1.07 bits per heavy atom. The van der Waals surface area contributed by atoms with Crippen LogP contribution in [0.25, 0.3) is 10.8 Å². The molecule has 0 saturated heterocycles. The summed E-state index contributed by atoms with van der Waals surface area (Å²) >= 11 is 6.24. The van der Waals surface area contributed by atoms with E-state index in [0.717, 1.165) is 4.90 Å². The number of fused-ring (bicyclic) bond motifs is 1. The Labute approximate surface area is 169 Å². The van der Waals surface area contributed by atoms with Gasteiger partial charge in [-0.15, -0.1) is 0 Å². The Morgan fingerprint density at radius 3 is 2.07 bits per heavy atom. The summed E-state index contributed by atoms with van der Waals surface area (Å²) in [5.41, 5.74) is 4.79. The molecule has 0 atom stereocenters. The molecule has 0 unspecified atom stereocenters. The Balaban J connectivity index is 2.65. The predicted molar refractivity (Wildman–Crippen MR) is 110 cm³/mol. The summed E-state index contributed by atoms with van der Waals surface area (Å²) in [6.45, 7) is 10.5. The van der Waals surface area contributed by atoms with E-state index in [9.17, 15) is 9.59 Å². The van der Waals surface area contributed by atoms with Gasteiger partial charge in [0.25, 0.3) is 0 Å². The second kappa shape index (κ2) is 7.93. The zero-order valence-electron chi connectivity index (χ0n) is 17.0. The fraction of sp³-hybridized carbons (Fsp3) is 0.450. The lowest BCUT2D eigenvalue weighted by molar-refractivity contribution is 0.0429. The monoisotopic (exact) mass is 407 g/mol. The number of halogens is 1. The number of hydrogen-bond donors (Lipinski definition) is 1. The van der Waals surface area contributed by atoms with Crippen LogP contribution >= 0.6 is 11.6 Å². The van der Waals surface area contributed by atoms with Gasteiger partial charge in [0.1, 0.15) is 11.2 Å². The van der Waals surface area contributed by atoms with Gasteiger partial charge in [0.2, 0.25) is 0 Å². The summed E-state index contributed by atoms with van der Waals surface area (Å²) in [5.74, 6) is 0.0902. The van der Waals surface area contributed by atoms with Crippen molar-refractivity contribution < 1.29 is 19.1 Å². The highest BCUT2D eigenvalue weighted by molar-refractivity contribution is 6.32. The van der Waals surface area contributed by atoms with Crippen LogP contribution in [0, 0.1) is 0 Å². The average molecular weight is 408 g/mol. The Hall–Kier alpha value is -2.38. The number of carbonyl (C=O) groups excluding carboxylic acids is 2. The minimum atomic E-state index is -0.883. The smallest absolute Gasteiger partial charge is 0.425 e. The van der Waals surface area contributed by atoms with Crippen molar-refractivity contribution in [2.24, 2.45) is 5.73 Å². The SMILES string of the molecule is CC(C)(C)OC(=O)N(C(=O)OC(C)(C)C)c1nccc2cc(Cl)c(CN)cc12. The van der Waals surface area contributed by atoms with Gasteiger partial charge in [0.15, 0.2) is 5.82 Å². The second-order valence-corrected chi connectivity index (χ2v) is 8.71. The molecular formula is C20H26ClN3O4. The highest BCUT2D eigenvalue weighted by atomic mass is 35.5. The maximum absolute atomic E-state index is 12.9. The number of amides is 2. The van der Waals surface area contributed by atoms with Gasteiger partial charge in [0, 0.05) is 23.2 Å². The lowest BCUT2D eigenvalue weighted by Crippen LogP contribution is -2.44. The predicted octanol–water partition coefficient (Wildman–Crippen LogP) is 5.02. The molecule has 2 N–H and O–H groups in total. The van der Waals surface area contributed by atoms with Crippen molar-refractivity contribution >= 4 is 40.4 Å². The highest BCUT2D eigenvalue weighted by Crippen LogP contribution is 2.31. The lowest BCUT2D eigenvalue weighted by atomic mass is 10.1. The number of imide groups is 1. The maximum Gasteiger partial charge on any atom is 0.425 e. The Morgan fingerprint density at radius 2 is 1.61 bits per heavy atom. The Bertz CT molecular complexity index is 873. The molecule has 0 aliphatic carbocycles. The molecule has 8 heteroatoms. The molecule has 7 nitrogen and oxygen atoms in total. The number of nitrogens with two attached hydrogens (primary N) is 1. The van der Waals surface area contributed by atoms with E-state index in [-0.39, 0.29) is 12.4 Å². The van der Waals surface area contributed by atoms with E-state index < -0.39 is 23.4 Å². The summed E-state index contributed by atoms with van der Waals surface area (Å²) in [6.07, 6.45) is -0.283. The van der Waals surface area contributed by atoms with E-state index in [1.54, 1.807) is 59.7 Å². The molecule has 1 aromatic carbocycles. The van der Waals surface area contributed by atoms with Gasteiger partial charge in [-0.05, 0) is 70.7 Å². The average Bonchev–Trinajstić information content (AvgIpc) is 2.51. The first-order valence-electron chi connectivity index (χ1n) is 8.85. The number of ether oxygens (including phenoxy) is 2. The van der Waals surface area contributed by atoms with E-state index in [1.807, 2.05) is 0 Å². The summed E-state index contributed by atoms with van der Waals surface area (Å²) in [5, 5.41) is 1.72. The Kier molecular flexibility index (Phi) is 6.21. The van der Waals surface area contributed by atoms with Crippen molar-refractivity contribution in [2.75, 3.05) is 4.90 Å². The van der Waals surface area contributed by atoms with E-state index in [1.165, 1.54) is 6.20 Å². The third-order valence-corrected chi connectivity index (χ3v) is 3.85. The van der Waals surface area contributed by atoms with Crippen molar-refractivity contribution in [1.82, 2.24) is 4.98 Å². The summed E-state index contributed by atoms with van der Waals surface area (Å²) in [6, 6.07) is 5.15. The van der Waals surface area contributed by atoms with Gasteiger partial charge in [-0.25, -0.2) is 14.6 Å². The summed E-state index contributed by atoms with van der Waals surface area (Å²) in [7, 11) is 0. The number of hydrogen-bond acceptors (Lipinski definition) is 6. The van der Waals surface area contributed by atoms with Crippen LogP contribution in [-0.2, 0) is 16.0 Å². The molecule has 1 heterocycles. The molecule has 0 aliphatic heterocycles. The number of benzene rings is 1. The van der Waals surface area contributed by atoms with Crippen LogP contribution in [0.1, 0.15) is 47.1 Å². The van der Waals surface area contributed by atoms with Crippen LogP contribution in [0.3, 0.4) is 0 Å². The fourth-order valence-electron chi connectivity index (χ4n) is 2.42. The fourth-order valence-corrected chi connectivity index (χ4v) is 2.67. The number of aromatic nitrogens is 1. The molecule has 2 amide bonds. The third kappa shape index (κ3) is 5.33. The lowest BCUT2D eigenvalue weighted by Gasteiger charge is -2.28. The van der Waals surface area contributed by atoms with E-state index >= 15 is 0 Å². The van der Waals surface area contributed by atoms with Crippen molar-refractivity contribution in [1.29, 1.82) is 0 Å². The molecular weight excluding hydrogens is 382 g/mol. The first-order chi connectivity index (χ1) is 12.8. The maximum atomic E-state index is 12.9. The van der Waals surface area contributed by atoms with Crippen LogP contribution in [0.4, 0.5) is 15.4 Å². The van der Waals surface area contributed by atoms with Crippen LogP contribution in [0.5, 0.6) is 0 Å². The highest BCUT2D eigenvalue weighted by Gasteiger charge is 2.34. The van der Waals surface area contributed by atoms with Gasteiger partial charge in [-0.1, -0.05) is 11.6 Å². The number of pyridine rings is 1. The number of carbonyl (C=O) groups is 2. The van der Waals surface area contributed by atoms with Crippen LogP contribution in [-0.4, -0.2) is 28.4 Å². The van der Waals surface area contributed by atoms with Crippen LogP contribution in [0.15, 0.2) is 24.4 Å². The first kappa shape index (κ1) is 21.9. The van der Waals surface area contributed by atoms with E-state index in [2.05, 4.69) is 4.98 Å². The normalized spacial score (nSPS) is 12.0. The van der Waals surface area contributed by atoms with Gasteiger partial charge >= 0.3 is 12.2 Å². The molecule has 0 radical (unpaired) electrons. The topological polar surface area (TPSA) is 94.8 Å². The first-order valence-corrected chi connectivity index (χ1v) is 9.23. The minimum absolute atomic E-state index is 0.0902. The molecule has 2 rings (SSSR count). The molecule has 0 fully saturated rings. The molecule has 0 saturated carbocycles. The van der Waals surface area contributed by atoms with E-state index in [4.69, 9.17) is 26.8 Å². The van der Waals surface area contributed by atoms with Gasteiger partial charge in [-0.2, -0.15) is 4.90 Å². The molecule has 2 aromatic rings. The second-order valence-electron chi connectivity index (χ2n) is 8.30. The quantitative estimate of drug-likeness (QED) is 0.750. The summed E-state index contributed by atoms with van der Waals surface area (Å²) < 4.78 is 10.8. The third-order valence-electron chi connectivity index (χ3n) is 3.49. The zero-order valence-corrected chi connectivity index (χ0v) is 17.8. The van der Waals surface area contributed by atoms with Crippen molar-refractivity contribution in [2.45, 2.75) is 59.3 Å². The minimum Gasteiger partial charge on any atom is -0.443 e. The molecule has 28 heavy (non-hydrogen) atoms. The molecule has 152 valence electrons. The standard InChI is InChI=1S/C20H26ClN3O4/c1-19(2,3)27-17(25)24(18(26)28-20(4,5)6)16-14-9-13(11-22)15(21)10-12(14)7-8-23-16/h7-10H,11,22H2,1-6H3. The number of anilines is 1. The van der Waals surface area contributed by atoms with E-state index in [0.29, 0.717) is 21.4 Å². The zero-order chi connectivity index (χ0) is 21.3. The van der Waals surface area contributed by atoms with Gasteiger partial charge < -0.3 is 15.2 Å². The van der Waals surface area contributed by atoms with Crippen molar-refractivity contribution in [3.05, 3.63) is 35.0 Å². The molecule has 0 bridgehead atoms. The largest absolute Gasteiger partial charge is 0.443 e.